The number of benzene rings is 3. The van der Waals surface area contributed by atoms with E-state index in [-0.39, 0.29) is 17.2 Å². The van der Waals surface area contributed by atoms with E-state index in [1.807, 2.05) is 71.3 Å². The van der Waals surface area contributed by atoms with E-state index in [2.05, 4.69) is 36.5 Å². The highest BCUT2D eigenvalue weighted by atomic mass is 32.2. The molecule has 0 bridgehead atoms. The molecule has 1 aliphatic rings. The van der Waals surface area contributed by atoms with Crippen LogP contribution >= 0.6 is 23.5 Å². The Labute approximate surface area is 204 Å². The Morgan fingerprint density at radius 1 is 1.03 bits per heavy atom. The summed E-state index contributed by atoms with van der Waals surface area (Å²) in [6.45, 7) is 3.36. The number of nitrogens with one attached hydrogen (secondary N) is 1. The van der Waals surface area contributed by atoms with Gasteiger partial charge < -0.3 is 10.2 Å². The molecule has 1 saturated heterocycles. The first-order valence-corrected chi connectivity index (χ1v) is 13.3. The molecule has 0 spiro atoms. The van der Waals surface area contributed by atoms with Gasteiger partial charge in [0, 0.05) is 30.2 Å². The monoisotopic (exact) mass is 476 g/mol. The Morgan fingerprint density at radius 2 is 1.76 bits per heavy atom. The lowest BCUT2D eigenvalue weighted by molar-refractivity contribution is -0.128. The molecule has 0 unspecified atom stereocenters. The second kappa shape index (κ2) is 11.4. The fourth-order valence-electron chi connectivity index (χ4n) is 3.77. The first-order valence-electron chi connectivity index (χ1n) is 11.1. The number of aryl methyl sites for hydroxylation is 1. The maximum atomic E-state index is 12.5. The summed E-state index contributed by atoms with van der Waals surface area (Å²) in [4.78, 5) is 26.9. The molecule has 0 saturated carbocycles. The summed E-state index contributed by atoms with van der Waals surface area (Å²) in [5.74, 6) is 2.40. The summed E-state index contributed by atoms with van der Waals surface area (Å²) >= 11 is 3.46. The summed E-state index contributed by atoms with van der Waals surface area (Å²) in [6, 6.07) is 26.1. The number of hydrogen-bond donors (Lipinski definition) is 1. The van der Waals surface area contributed by atoms with E-state index in [0.29, 0.717) is 24.4 Å². The summed E-state index contributed by atoms with van der Waals surface area (Å²) in [6.07, 6.45) is 0. The second-order valence-corrected chi connectivity index (χ2v) is 10.2. The van der Waals surface area contributed by atoms with Crippen molar-refractivity contribution in [3.05, 3.63) is 107 Å². The van der Waals surface area contributed by atoms with Crippen LogP contribution in [0.25, 0.3) is 0 Å². The van der Waals surface area contributed by atoms with Gasteiger partial charge in [0.1, 0.15) is 5.37 Å². The van der Waals surface area contributed by atoms with E-state index in [1.165, 1.54) is 11.1 Å². The third-order valence-electron chi connectivity index (χ3n) is 5.67. The lowest BCUT2D eigenvalue weighted by Gasteiger charge is -2.24. The summed E-state index contributed by atoms with van der Waals surface area (Å²) in [5.41, 5.74) is 5.46. The largest absolute Gasteiger partial charge is 0.351 e. The SMILES string of the molecule is Cc1ccccc1CSCCNC(=O)c1ccc([C@H]2SCC(=O)N2Cc2ccccc2)cc1. The van der Waals surface area contributed by atoms with Crippen LogP contribution in [0.2, 0.25) is 0 Å². The lowest BCUT2D eigenvalue weighted by Crippen LogP contribution is -2.28. The topological polar surface area (TPSA) is 49.4 Å². The molecule has 3 aromatic carbocycles. The van der Waals surface area contributed by atoms with Crippen LogP contribution in [-0.2, 0) is 17.1 Å². The van der Waals surface area contributed by atoms with Gasteiger partial charge in [0.05, 0.1) is 5.75 Å². The maximum Gasteiger partial charge on any atom is 0.251 e. The highest BCUT2D eigenvalue weighted by Crippen LogP contribution is 2.39. The Hall–Kier alpha value is -2.70. The number of nitrogens with zero attached hydrogens (tertiary/aromatic N) is 1. The third-order valence-corrected chi connectivity index (χ3v) is 7.94. The standard InChI is InChI=1S/C27H28N2O2S2/c1-20-7-5-6-10-24(20)18-32-16-15-28-26(31)22-11-13-23(14-12-22)27-29(25(30)19-33-27)17-21-8-3-2-4-9-21/h2-14,27H,15-19H2,1H3,(H,28,31)/t27-/m1/s1. The van der Waals surface area contributed by atoms with Gasteiger partial charge in [-0.25, -0.2) is 0 Å². The number of hydrogen-bond acceptors (Lipinski definition) is 4. The van der Waals surface area contributed by atoms with Gasteiger partial charge in [-0.1, -0.05) is 66.7 Å². The molecule has 1 atom stereocenters. The van der Waals surface area contributed by atoms with Crippen LogP contribution in [0.3, 0.4) is 0 Å². The molecule has 1 fully saturated rings. The predicted octanol–water partition coefficient (Wildman–Crippen LogP) is 5.43. The number of rotatable bonds is 9. The minimum Gasteiger partial charge on any atom is -0.351 e. The van der Waals surface area contributed by atoms with Gasteiger partial charge in [-0.05, 0) is 41.3 Å². The average Bonchev–Trinajstić information content (AvgIpc) is 3.20. The van der Waals surface area contributed by atoms with Gasteiger partial charge >= 0.3 is 0 Å². The van der Waals surface area contributed by atoms with E-state index in [1.54, 1.807) is 11.8 Å². The van der Waals surface area contributed by atoms with Gasteiger partial charge in [-0.15, -0.1) is 11.8 Å². The quantitative estimate of drug-likeness (QED) is 0.418. The fraction of sp³-hybridized carbons (Fsp3) is 0.259. The molecule has 0 aromatic heterocycles. The van der Waals surface area contributed by atoms with E-state index < -0.39 is 0 Å². The fourth-order valence-corrected chi connectivity index (χ4v) is 5.90. The van der Waals surface area contributed by atoms with Gasteiger partial charge in [0.2, 0.25) is 5.91 Å². The zero-order valence-electron chi connectivity index (χ0n) is 18.7. The van der Waals surface area contributed by atoms with Crippen molar-refractivity contribution in [2.24, 2.45) is 0 Å². The molecule has 2 amide bonds. The van der Waals surface area contributed by atoms with E-state index in [4.69, 9.17) is 0 Å². The molecule has 3 aromatic rings. The molecule has 1 aliphatic heterocycles. The van der Waals surface area contributed by atoms with E-state index in [9.17, 15) is 9.59 Å². The van der Waals surface area contributed by atoms with Crippen LogP contribution in [0.15, 0.2) is 78.9 Å². The zero-order valence-corrected chi connectivity index (χ0v) is 20.3. The van der Waals surface area contributed by atoms with Crippen molar-refractivity contribution in [3.63, 3.8) is 0 Å². The van der Waals surface area contributed by atoms with Gasteiger partial charge in [0.25, 0.3) is 5.91 Å². The Balaban J connectivity index is 1.28. The van der Waals surface area contributed by atoms with Crippen molar-refractivity contribution in [2.75, 3.05) is 18.1 Å². The summed E-state index contributed by atoms with van der Waals surface area (Å²) in [7, 11) is 0. The normalized spacial score (nSPS) is 15.6. The number of carbonyl (C=O) groups is 2. The molecule has 4 nitrogen and oxygen atoms in total. The minimum atomic E-state index is -0.0608. The van der Waals surface area contributed by atoms with Crippen LogP contribution in [-0.4, -0.2) is 34.8 Å². The molecule has 0 radical (unpaired) electrons. The molecule has 0 aliphatic carbocycles. The first kappa shape index (κ1) is 23.5. The van der Waals surface area contributed by atoms with Crippen molar-refractivity contribution in [2.45, 2.75) is 24.6 Å². The molecule has 170 valence electrons. The van der Waals surface area contributed by atoms with E-state index >= 15 is 0 Å². The molecule has 6 heteroatoms. The predicted molar refractivity (Wildman–Crippen MR) is 138 cm³/mol. The first-order chi connectivity index (χ1) is 16.1. The van der Waals surface area contributed by atoms with Gasteiger partial charge in [-0.3, -0.25) is 9.59 Å². The summed E-state index contributed by atoms with van der Waals surface area (Å²) < 4.78 is 0. The second-order valence-electron chi connectivity index (χ2n) is 8.03. The third kappa shape index (κ3) is 6.21. The van der Waals surface area contributed by atoms with Crippen molar-refractivity contribution in [1.29, 1.82) is 0 Å². The maximum absolute atomic E-state index is 12.5. The van der Waals surface area contributed by atoms with Crippen LogP contribution in [0, 0.1) is 6.92 Å². The highest BCUT2D eigenvalue weighted by molar-refractivity contribution is 8.00. The Kier molecular flexibility index (Phi) is 8.13. The lowest BCUT2D eigenvalue weighted by atomic mass is 10.1. The van der Waals surface area contributed by atoms with Gasteiger partial charge in [-0.2, -0.15) is 11.8 Å². The number of carbonyl (C=O) groups excluding carboxylic acids is 2. The minimum absolute atomic E-state index is 0.0207. The van der Waals surface area contributed by atoms with Crippen molar-refractivity contribution in [1.82, 2.24) is 10.2 Å². The molecule has 4 rings (SSSR count). The van der Waals surface area contributed by atoms with E-state index in [0.717, 1.165) is 22.6 Å². The van der Waals surface area contributed by atoms with Crippen molar-refractivity contribution < 1.29 is 9.59 Å². The summed E-state index contributed by atoms with van der Waals surface area (Å²) in [5, 5.41) is 2.99. The van der Waals surface area contributed by atoms with Crippen LogP contribution in [0.5, 0.6) is 0 Å². The van der Waals surface area contributed by atoms with Crippen LogP contribution < -0.4 is 5.32 Å². The zero-order chi connectivity index (χ0) is 23.0. The number of thioether (sulfide) groups is 2. The smallest absolute Gasteiger partial charge is 0.251 e. The molecule has 1 heterocycles. The van der Waals surface area contributed by atoms with Crippen LogP contribution in [0.1, 0.15) is 38.0 Å². The van der Waals surface area contributed by atoms with Crippen LogP contribution in [0.4, 0.5) is 0 Å². The highest BCUT2D eigenvalue weighted by Gasteiger charge is 2.32. The molecular formula is C27H28N2O2S2. The van der Waals surface area contributed by atoms with Crippen molar-refractivity contribution >= 4 is 35.3 Å². The molecule has 1 N–H and O–H groups in total. The Morgan fingerprint density at radius 3 is 2.52 bits per heavy atom. The average molecular weight is 477 g/mol. The Bertz CT molecular complexity index is 1090. The van der Waals surface area contributed by atoms with Gasteiger partial charge in [0.15, 0.2) is 0 Å². The number of amides is 2. The molecular weight excluding hydrogens is 448 g/mol. The van der Waals surface area contributed by atoms with Crippen molar-refractivity contribution in [3.8, 4) is 0 Å². The molecule has 33 heavy (non-hydrogen) atoms.